The van der Waals surface area contributed by atoms with Gasteiger partial charge in [0, 0.05) is 29.7 Å². The number of aromatic nitrogens is 1. The molecule has 25 heavy (non-hydrogen) atoms. The normalized spacial score (nSPS) is 22.8. The molecule has 1 saturated carbocycles. The van der Waals surface area contributed by atoms with Crippen molar-refractivity contribution in [2.45, 2.75) is 50.7 Å². The van der Waals surface area contributed by atoms with E-state index in [1.54, 1.807) is 6.07 Å². The molecule has 4 nitrogen and oxygen atoms in total. The highest BCUT2D eigenvalue weighted by Crippen LogP contribution is 2.45. The quantitative estimate of drug-likeness (QED) is 0.839. The van der Waals surface area contributed by atoms with Crippen LogP contribution in [0.2, 0.25) is 0 Å². The van der Waals surface area contributed by atoms with Crippen molar-refractivity contribution < 1.29 is 9.18 Å². The molecule has 2 aliphatic heterocycles. The third kappa shape index (κ3) is 2.40. The molecule has 0 bridgehead atoms. The monoisotopic (exact) mass is 341 g/mol. The minimum absolute atomic E-state index is 0.203. The van der Waals surface area contributed by atoms with Gasteiger partial charge in [0.1, 0.15) is 11.4 Å². The molecule has 0 unspecified atom stereocenters. The lowest BCUT2D eigenvalue weighted by Gasteiger charge is -2.38. The molecule has 0 spiro atoms. The number of carbonyl (C=O) groups excluding carboxylic acids is 1. The fraction of sp³-hybridized carbons (Fsp3) is 0.550. The van der Waals surface area contributed by atoms with E-state index in [0.29, 0.717) is 12.5 Å². The number of piperidine rings is 1. The summed E-state index contributed by atoms with van der Waals surface area (Å²) in [4.78, 5) is 17.8. The number of hydrogen-bond donors (Lipinski definition) is 0. The van der Waals surface area contributed by atoms with Crippen LogP contribution in [0.5, 0.6) is 0 Å². The van der Waals surface area contributed by atoms with Crippen molar-refractivity contribution in [2.24, 2.45) is 0 Å². The van der Waals surface area contributed by atoms with Crippen molar-refractivity contribution in [1.29, 1.82) is 0 Å². The molecule has 132 valence electrons. The van der Waals surface area contributed by atoms with Gasteiger partial charge in [-0.1, -0.05) is 6.42 Å². The second kappa shape index (κ2) is 5.56. The number of carbonyl (C=O) groups is 1. The first-order valence-electron chi connectivity index (χ1n) is 9.49. The molecular weight excluding hydrogens is 317 g/mol. The maximum atomic E-state index is 13.5. The van der Waals surface area contributed by atoms with Gasteiger partial charge in [0.05, 0.1) is 6.54 Å². The summed E-state index contributed by atoms with van der Waals surface area (Å²) < 4.78 is 15.7. The van der Waals surface area contributed by atoms with Crippen LogP contribution < -0.4 is 0 Å². The minimum atomic E-state index is -0.208. The van der Waals surface area contributed by atoms with E-state index in [-0.39, 0.29) is 11.4 Å². The van der Waals surface area contributed by atoms with Crippen LogP contribution in [0.15, 0.2) is 24.3 Å². The lowest BCUT2D eigenvalue weighted by atomic mass is 10.1. The molecule has 3 heterocycles. The molecular formula is C20H24FN3O. The first kappa shape index (κ1) is 15.4. The van der Waals surface area contributed by atoms with Gasteiger partial charge in [0.2, 0.25) is 5.91 Å². The van der Waals surface area contributed by atoms with Crippen molar-refractivity contribution in [1.82, 2.24) is 14.4 Å². The van der Waals surface area contributed by atoms with Gasteiger partial charge in [0.15, 0.2) is 0 Å². The number of nitrogens with zero attached hydrogens (tertiary/aromatic N) is 3. The standard InChI is InChI=1S/C20H24FN3O/c21-16-4-5-18-15(12-16)13-17-14-22(10-11-24(17)18)19(25)20(6-7-20)23-8-2-1-3-9-23/h4-5,12-13H,1-3,6-11,14H2. The van der Waals surface area contributed by atoms with Crippen LogP contribution in [-0.2, 0) is 17.9 Å². The van der Waals surface area contributed by atoms with Crippen LogP contribution in [0.3, 0.4) is 0 Å². The molecule has 0 atom stereocenters. The van der Waals surface area contributed by atoms with Crippen LogP contribution in [0.1, 0.15) is 37.8 Å². The Hall–Kier alpha value is -1.88. The Bertz CT molecular complexity index is 833. The Morgan fingerprint density at radius 3 is 2.56 bits per heavy atom. The summed E-state index contributed by atoms with van der Waals surface area (Å²) in [7, 11) is 0. The van der Waals surface area contributed by atoms with E-state index in [4.69, 9.17) is 0 Å². The molecule has 1 amide bonds. The molecule has 1 aliphatic carbocycles. The zero-order valence-corrected chi connectivity index (χ0v) is 14.5. The van der Waals surface area contributed by atoms with Crippen molar-refractivity contribution in [3.05, 3.63) is 35.8 Å². The molecule has 5 rings (SSSR count). The molecule has 0 radical (unpaired) electrons. The number of halogens is 1. The number of benzene rings is 1. The maximum absolute atomic E-state index is 13.5. The summed E-state index contributed by atoms with van der Waals surface area (Å²) in [6.45, 7) is 4.33. The Morgan fingerprint density at radius 1 is 1.00 bits per heavy atom. The fourth-order valence-electron chi connectivity index (χ4n) is 4.76. The summed E-state index contributed by atoms with van der Waals surface area (Å²) >= 11 is 0. The second-order valence-electron chi connectivity index (χ2n) is 7.80. The van der Waals surface area contributed by atoms with Gasteiger partial charge in [-0.15, -0.1) is 0 Å². The first-order valence-corrected chi connectivity index (χ1v) is 9.49. The molecule has 1 aromatic carbocycles. The van der Waals surface area contributed by atoms with Gasteiger partial charge >= 0.3 is 0 Å². The first-order chi connectivity index (χ1) is 12.2. The molecule has 2 aromatic rings. The Balaban J connectivity index is 1.40. The van der Waals surface area contributed by atoms with Crippen LogP contribution in [0, 0.1) is 5.82 Å². The number of amides is 1. The predicted molar refractivity (Wildman–Crippen MR) is 94.7 cm³/mol. The minimum Gasteiger partial charge on any atom is -0.341 e. The zero-order chi connectivity index (χ0) is 17.0. The number of fused-ring (bicyclic) bond motifs is 3. The SMILES string of the molecule is O=C(N1CCn2c(cc3cc(F)ccc32)C1)C1(N2CCCCC2)CC1. The highest BCUT2D eigenvalue weighted by Gasteiger charge is 2.56. The van der Waals surface area contributed by atoms with Crippen LogP contribution in [0.4, 0.5) is 4.39 Å². The summed E-state index contributed by atoms with van der Waals surface area (Å²) in [5, 5.41) is 0.932. The van der Waals surface area contributed by atoms with Gasteiger partial charge in [-0.25, -0.2) is 4.39 Å². The average molecular weight is 341 g/mol. The van der Waals surface area contributed by atoms with Gasteiger partial charge in [-0.2, -0.15) is 0 Å². The predicted octanol–water partition coefficient (Wildman–Crippen LogP) is 3.14. The topological polar surface area (TPSA) is 28.5 Å². The van der Waals surface area contributed by atoms with E-state index in [0.717, 1.165) is 55.6 Å². The zero-order valence-electron chi connectivity index (χ0n) is 14.5. The fourth-order valence-corrected chi connectivity index (χ4v) is 4.76. The summed E-state index contributed by atoms with van der Waals surface area (Å²) in [5.74, 6) is 0.113. The van der Waals surface area contributed by atoms with E-state index in [9.17, 15) is 9.18 Å². The lowest BCUT2D eigenvalue weighted by molar-refractivity contribution is -0.140. The molecule has 1 saturated heterocycles. The van der Waals surface area contributed by atoms with Gasteiger partial charge in [-0.3, -0.25) is 9.69 Å². The van der Waals surface area contributed by atoms with Gasteiger partial charge in [-0.05, 0) is 63.0 Å². The Labute approximate surface area is 147 Å². The number of hydrogen-bond acceptors (Lipinski definition) is 2. The van der Waals surface area contributed by atoms with Crippen LogP contribution in [-0.4, -0.2) is 45.4 Å². The van der Waals surface area contributed by atoms with Crippen LogP contribution >= 0.6 is 0 Å². The Kier molecular flexibility index (Phi) is 3.42. The highest BCUT2D eigenvalue weighted by atomic mass is 19.1. The van der Waals surface area contributed by atoms with Crippen molar-refractivity contribution in [2.75, 3.05) is 19.6 Å². The number of likely N-dealkylation sites (tertiary alicyclic amines) is 1. The van der Waals surface area contributed by atoms with Gasteiger partial charge in [0.25, 0.3) is 0 Å². The van der Waals surface area contributed by atoms with Gasteiger partial charge < -0.3 is 9.47 Å². The third-order valence-electron chi connectivity index (χ3n) is 6.27. The molecule has 3 aliphatic rings. The molecule has 1 aromatic heterocycles. The average Bonchev–Trinajstić information content (AvgIpc) is 3.37. The van der Waals surface area contributed by atoms with E-state index in [1.807, 2.05) is 17.0 Å². The maximum Gasteiger partial charge on any atom is 0.243 e. The van der Waals surface area contributed by atoms with Crippen molar-refractivity contribution >= 4 is 16.8 Å². The van der Waals surface area contributed by atoms with E-state index < -0.39 is 0 Å². The smallest absolute Gasteiger partial charge is 0.243 e. The lowest BCUT2D eigenvalue weighted by Crippen LogP contribution is -2.53. The molecule has 5 heteroatoms. The van der Waals surface area contributed by atoms with Crippen molar-refractivity contribution in [3.8, 4) is 0 Å². The van der Waals surface area contributed by atoms with E-state index in [2.05, 4.69) is 9.47 Å². The van der Waals surface area contributed by atoms with E-state index in [1.165, 1.54) is 25.3 Å². The summed E-state index contributed by atoms with van der Waals surface area (Å²) in [6.07, 6.45) is 5.75. The summed E-state index contributed by atoms with van der Waals surface area (Å²) in [6, 6.07) is 6.99. The largest absolute Gasteiger partial charge is 0.341 e. The van der Waals surface area contributed by atoms with E-state index >= 15 is 0 Å². The second-order valence-corrected chi connectivity index (χ2v) is 7.80. The number of rotatable bonds is 2. The molecule has 0 N–H and O–H groups in total. The van der Waals surface area contributed by atoms with Crippen molar-refractivity contribution in [3.63, 3.8) is 0 Å². The summed E-state index contributed by atoms with van der Waals surface area (Å²) in [5.41, 5.74) is 1.98. The highest BCUT2D eigenvalue weighted by molar-refractivity contribution is 5.90. The Morgan fingerprint density at radius 2 is 1.80 bits per heavy atom. The molecule has 2 fully saturated rings. The third-order valence-corrected chi connectivity index (χ3v) is 6.27. The van der Waals surface area contributed by atoms with Crippen LogP contribution in [0.25, 0.3) is 10.9 Å².